The van der Waals surface area contributed by atoms with Gasteiger partial charge in [0.1, 0.15) is 5.69 Å². The van der Waals surface area contributed by atoms with Crippen LogP contribution in [0.5, 0.6) is 0 Å². The molecule has 7 heteroatoms. The number of fused-ring (bicyclic) bond motifs is 1. The van der Waals surface area contributed by atoms with E-state index in [1.165, 1.54) is 17.4 Å². The van der Waals surface area contributed by atoms with E-state index in [-0.39, 0.29) is 23.3 Å². The van der Waals surface area contributed by atoms with Gasteiger partial charge in [0.05, 0.1) is 4.88 Å². The Hall–Kier alpha value is -2.93. The SMILES string of the molecule is Cc1ccc(C(=O)NC2CCN(C(=O)c3cc(=O)c4ccccc4[nH]3)CC2)s1. The number of carbonyl (C=O) groups is 2. The summed E-state index contributed by atoms with van der Waals surface area (Å²) in [4.78, 5) is 44.0. The van der Waals surface area contributed by atoms with Gasteiger partial charge in [-0.1, -0.05) is 12.1 Å². The Kier molecular flexibility index (Phi) is 5.00. The van der Waals surface area contributed by atoms with Crippen LogP contribution in [-0.2, 0) is 0 Å². The fraction of sp³-hybridized carbons (Fsp3) is 0.286. The highest BCUT2D eigenvalue weighted by Gasteiger charge is 2.26. The van der Waals surface area contributed by atoms with E-state index in [0.29, 0.717) is 47.4 Å². The fourth-order valence-electron chi connectivity index (χ4n) is 3.52. The van der Waals surface area contributed by atoms with Gasteiger partial charge in [-0.25, -0.2) is 0 Å². The van der Waals surface area contributed by atoms with Crippen LogP contribution in [0.1, 0.15) is 37.9 Å². The molecule has 3 heterocycles. The van der Waals surface area contributed by atoms with Crippen molar-refractivity contribution in [2.45, 2.75) is 25.8 Å². The molecule has 3 aromatic rings. The smallest absolute Gasteiger partial charge is 0.270 e. The molecule has 2 amide bonds. The molecule has 144 valence electrons. The molecule has 2 N–H and O–H groups in total. The maximum Gasteiger partial charge on any atom is 0.270 e. The van der Waals surface area contributed by atoms with Crippen molar-refractivity contribution in [3.63, 3.8) is 0 Å². The maximum absolute atomic E-state index is 12.8. The summed E-state index contributed by atoms with van der Waals surface area (Å²) in [6, 6.07) is 12.4. The zero-order valence-corrected chi connectivity index (χ0v) is 16.3. The first-order valence-electron chi connectivity index (χ1n) is 9.30. The van der Waals surface area contributed by atoms with E-state index in [4.69, 9.17) is 0 Å². The standard InChI is InChI=1S/C21H21N3O3S/c1-13-6-7-19(28-13)20(26)22-14-8-10-24(11-9-14)21(27)17-12-18(25)15-4-2-3-5-16(15)23-17/h2-7,12,14H,8-11H2,1H3,(H,22,26)(H,23,25). The van der Waals surface area contributed by atoms with Crippen LogP contribution in [0.3, 0.4) is 0 Å². The molecule has 1 aromatic carbocycles. The number of hydrogen-bond acceptors (Lipinski definition) is 4. The number of pyridine rings is 1. The Labute approximate surface area is 166 Å². The van der Waals surface area contributed by atoms with Crippen LogP contribution in [0.15, 0.2) is 47.3 Å². The average Bonchev–Trinajstić information content (AvgIpc) is 3.14. The number of hydrogen-bond donors (Lipinski definition) is 2. The fourth-order valence-corrected chi connectivity index (χ4v) is 4.29. The normalized spacial score (nSPS) is 15.0. The van der Waals surface area contributed by atoms with Gasteiger partial charge in [0, 0.05) is 41.0 Å². The van der Waals surface area contributed by atoms with Gasteiger partial charge in [0.25, 0.3) is 11.8 Å². The zero-order chi connectivity index (χ0) is 19.7. The maximum atomic E-state index is 12.8. The number of aryl methyl sites for hydroxylation is 1. The molecule has 4 rings (SSSR count). The van der Waals surface area contributed by atoms with E-state index in [1.807, 2.05) is 25.1 Å². The van der Waals surface area contributed by atoms with Crippen LogP contribution in [-0.4, -0.2) is 40.8 Å². The number of para-hydroxylation sites is 1. The number of carbonyl (C=O) groups excluding carboxylic acids is 2. The highest BCUT2D eigenvalue weighted by molar-refractivity contribution is 7.13. The van der Waals surface area contributed by atoms with Crippen molar-refractivity contribution in [3.8, 4) is 0 Å². The third-order valence-electron chi connectivity index (χ3n) is 5.05. The summed E-state index contributed by atoms with van der Waals surface area (Å²) in [6.07, 6.45) is 1.39. The summed E-state index contributed by atoms with van der Waals surface area (Å²) in [5.41, 5.74) is 0.804. The van der Waals surface area contributed by atoms with Crippen LogP contribution in [0.25, 0.3) is 10.9 Å². The number of H-pyrrole nitrogens is 1. The third kappa shape index (κ3) is 3.71. The van der Waals surface area contributed by atoms with Crippen molar-refractivity contribution >= 4 is 34.1 Å². The number of nitrogens with one attached hydrogen (secondary N) is 2. The highest BCUT2D eigenvalue weighted by atomic mass is 32.1. The Morgan fingerprint density at radius 3 is 2.61 bits per heavy atom. The molecule has 1 saturated heterocycles. The van der Waals surface area contributed by atoms with Crippen LogP contribution < -0.4 is 10.7 Å². The van der Waals surface area contributed by atoms with Gasteiger partial charge in [-0.2, -0.15) is 0 Å². The number of rotatable bonds is 3. The molecule has 0 aliphatic carbocycles. The quantitative estimate of drug-likeness (QED) is 0.715. The number of likely N-dealkylation sites (tertiary alicyclic amines) is 1. The predicted molar refractivity (Wildman–Crippen MR) is 110 cm³/mol. The minimum absolute atomic E-state index is 0.0506. The minimum Gasteiger partial charge on any atom is -0.350 e. The van der Waals surface area contributed by atoms with Crippen molar-refractivity contribution in [2.75, 3.05) is 13.1 Å². The van der Waals surface area contributed by atoms with Crippen molar-refractivity contribution in [1.82, 2.24) is 15.2 Å². The molecule has 0 unspecified atom stereocenters. The molecule has 1 aliphatic heterocycles. The predicted octanol–water partition coefficient (Wildman–Crippen LogP) is 2.93. The molecular weight excluding hydrogens is 374 g/mol. The molecule has 0 atom stereocenters. The highest BCUT2D eigenvalue weighted by Crippen LogP contribution is 2.18. The van der Waals surface area contributed by atoms with Gasteiger partial charge in [-0.3, -0.25) is 14.4 Å². The number of aromatic nitrogens is 1. The molecule has 0 saturated carbocycles. The number of aromatic amines is 1. The molecule has 0 radical (unpaired) electrons. The molecule has 2 aromatic heterocycles. The lowest BCUT2D eigenvalue weighted by Crippen LogP contribution is -2.46. The Balaban J connectivity index is 1.40. The molecular formula is C21H21N3O3S. The van der Waals surface area contributed by atoms with E-state index < -0.39 is 0 Å². The molecule has 6 nitrogen and oxygen atoms in total. The van der Waals surface area contributed by atoms with E-state index >= 15 is 0 Å². The first-order chi connectivity index (χ1) is 13.5. The molecule has 28 heavy (non-hydrogen) atoms. The number of nitrogens with zero attached hydrogens (tertiary/aromatic N) is 1. The zero-order valence-electron chi connectivity index (χ0n) is 15.5. The van der Waals surface area contributed by atoms with Crippen molar-refractivity contribution in [1.29, 1.82) is 0 Å². The minimum atomic E-state index is -0.179. The first kappa shape index (κ1) is 18.4. The number of piperidine rings is 1. The Bertz CT molecular complexity index is 1090. The summed E-state index contributed by atoms with van der Waals surface area (Å²) < 4.78 is 0. The van der Waals surface area contributed by atoms with E-state index in [1.54, 1.807) is 23.1 Å². The van der Waals surface area contributed by atoms with E-state index in [0.717, 1.165) is 4.88 Å². The summed E-state index contributed by atoms with van der Waals surface area (Å²) >= 11 is 1.48. The first-order valence-corrected chi connectivity index (χ1v) is 10.1. The number of thiophene rings is 1. The van der Waals surface area contributed by atoms with Gasteiger partial charge in [-0.15, -0.1) is 11.3 Å². The third-order valence-corrected chi connectivity index (χ3v) is 6.05. The number of benzene rings is 1. The van der Waals surface area contributed by atoms with Gasteiger partial charge in [0.2, 0.25) is 0 Å². The van der Waals surface area contributed by atoms with Crippen molar-refractivity contribution in [3.05, 3.63) is 68.1 Å². The van der Waals surface area contributed by atoms with Crippen molar-refractivity contribution < 1.29 is 9.59 Å². The van der Waals surface area contributed by atoms with Crippen LogP contribution in [0, 0.1) is 6.92 Å². The van der Waals surface area contributed by atoms with Crippen LogP contribution in [0.2, 0.25) is 0 Å². The summed E-state index contributed by atoms with van der Waals surface area (Å²) in [7, 11) is 0. The summed E-state index contributed by atoms with van der Waals surface area (Å²) in [6.45, 7) is 3.06. The lowest BCUT2D eigenvalue weighted by Gasteiger charge is -2.32. The van der Waals surface area contributed by atoms with Gasteiger partial charge in [-0.05, 0) is 44.0 Å². The molecule has 0 spiro atoms. The van der Waals surface area contributed by atoms with Gasteiger partial charge >= 0.3 is 0 Å². The largest absolute Gasteiger partial charge is 0.350 e. The van der Waals surface area contributed by atoms with Crippen molar-refractivity contribution in [2.24, 2.45) is 0 Å². The summed E-state index contributed by atoms with van der Waals surface area (Å²) in [5.74, 6) is -0.233. The molecule has 1 aliphatic rings. The number of amides is 2. The van der Waals surface area contributed by atoms with E-state index in [9.17, 15) is 14.4 Å². The lowest BCUT2D eigenvalue weighted by molar-refractivity contribution is 0.0693. The topological polar surface area (TPSA) is 82.3 Å². The molecule has 1 fully saturated rings. The van der Waals surface area contributed by atoms with Crippen LogP contribution >= 0.6 is 11.3 Å². The lowest BCUT2D eigenvalue weighted by atomic mass is 10.0. The Morgan fingerprint density at radius 1 is 1.14 bits per heavy atom. The molecule has 0 bridgehead atoms. The van der Waals surface area contributed by atoms with E-state index in [2.05, 4.69) is 10.3 Å². The second kappa shape index (κ2) is 7.59. The van der Waals surface area contributed by atoms with Gasteiger partial charge in [0.15, 0.2) is 5.43 Å². The average molecular weight is 395 g/mol. The Morgan fingerprint density at radius 2 is 1.89 bits per heavy atom. The second-order valence-electron chi connectivity index (χ2n) is 7.04. The van der Waals surface area contributed by atoms with Crippen LogP contribution in [0.4, 0.5) is 0 Å². The second-order valence-corrected chi connectivity index (χ2v) is 8.33. The van der Waals surface area contributed by atoms with Gasteiger partial charge < -0.3 is 15.2 Å². The monoisotopic (exact) mass is 395 g/mol. The summed E-state index contributed by atoms with van der Waals surface area (Å²) in [5, 5.41) is 3.63.